The van der Waals surface area contributed by atoms with Gasteiger partial charge in [0.05, 0.1) is 18.6 Å². The molecule has 0 aliphatic carbocycles. The molecule has 0 radical (unpaired) electrons. The maximum absolute atomic E-state index is 12.6. The van der Waals surface area contributed by atoms with Gasteiger partial charge in [0, 0.05) is 6.54 Å². The minimum absolute atomic E-state index is 0.288. The van der Waals surface area contributed by atoms with Crippen molar-refractivity contribution in [3.63, 3.8) is 0 Å². The van der Waals surface area contributed by atoms with Gasteiger partial charge in [0.1, 0.15) is 11.8 Å². The van der Waals surface area contributed by atoms with Crippen LogP contribution in [0.25, 0.3) is 0 Å². The summed E-state index contributed by atoms with van der Waals surface area (Å²) in [5.74, 6) is 0.788. The highest BCUT2D eigenvalue weighted by Gasteiger charge is 2.29. The number of unbranched alkanes of at least 4 members (excludes halogenated alkanes) is 1. The zero-order valence-corrected chi connectivity index (χ0v) is 18.0. The van der Waals surface area contributed by atoms with Gasteiger partial charge in [-0.15, -0.1) is 0 Å². The number of sulfonamides is 1. The molecule has 0 heterocycles. The van der Waals surface area contributed by atoms with Crippen LogP contribution in [0.1, 0.15) is 53.4 Å². The van der Waals surface area contributed by atoms with E-state index in [1.165, 1.54) is 0 Å². The third kappa shape index (κ3) is 7.40. The first-order valence-corrected chi connectivity index (χ1v) is 11.6. The van der Waals surface area contributed by atoms with Gasteiger partial charge < -0.3 is 10.1 Å². The number of carbonyl (C=O) groups is 1. The van der Waals surface area contributed by atoms with Crippen LogP contribution in [0.5, 0.6) is 5.75 Å². The van der Waals surface area contributed by atoms with Crippen molar-refractivity contribution in [3.05, 3.63) is 24.3 Å². The van der Waals surface area contributed by atoms with Crippen LogP contribution in [-0.4, -0.2) is 39.8 Å². The number of anilines is 1. The summed E-state index contributed by atoms with van der Waals surface area (Å²) in [5.41, 5.74) is 0.446. The summed E-state index contributed by atoms with van der Waals surface area (Å²) in [7, 11) is -3.61. The predicted octanol–water partition coefficient (Wildman–Crippen LogP) is 3.57. The maximum atomic E-state index is 12.6. The molecular formula is C20H34N2O4S. The molecule has 1 aromatic carbocycles. The summed E-state index contributed by atoms with van der Waals surface area (Å²) in [6.07, 6.45) is 5.43. The normalized spacial score (nSPS) is 13.7. The van der Waals surface area contributed by atoms with E-state index in [4.69, 9.17) is 4.74 Å². The average Bonchev–Trinajstić information content (AvgIpc) is 2.62. The van der Waals surface area contributed by atoms with Crippen molar-refractivity contribution < 1.29 is 17.9 Å². The molecule has 27 heavy (non-hydrogen) atoms. The number of hydrogen-bond donors (Lipinski definition) is 1. The van der Waals surface area contributed by atoms with Crippen LogP contribution in [0.4, 0.5) is 5.69 Å². The smallest absolute Gasteiger partial charge is 0.243 e. The highest BCUT2D eigenvalue weighted by Crippen LogP contribution is 2.24. The van der Waals surface area contributed by atoms with Crippen LogP contribution in [-0.2, 0) is 14.8 Å². The van der Waals surface area contributed by atoms with Crippen molar-refractivity contribution >= 4 is 21.6 Å². The van der Waals surface area contributed by atoms with Gasteiger partial charge in [-0.1, -0.05) is 33.1 Å². The van der Waals surface area contributed by atoms with Crippen LogP contribution >= 0.6 is 0 Å². The monoisotopic (exact) mass is 398 g/mol. The van der Waals surface area contributed by atoms with Crippen LogP contribution in [0.2, 0.25) is 0 Å². The van der Waals surface area contributed by atoms with Crippen molar-refractivity contribution in [3.8, 4) is 5.75 Å². The molecule has 0 spiro atoms. The molecule has 7 heteroatoms. The zero-order chi connectivity index (χ0) is 20.4. The van der Waals surface area contributed by atoms with Gasteiger partial charge >= 0.3 is 0 Å². The fourth-order valence-electron chi connectivity index (χ4n) is 3.00. The van der Waals surface area contributed by atoms with Crippen LogP contribution in [0.15, 0.2) is 24.3 Å². The molecule has 0 aliphatic rings. The summed E-state index contributed by atoms with van der Waals surface area (Å²) in [6, 6.07) is 5.90. The fraction of sp³-hybridized carbons (Fsp3) is 0.650. The second kappa shape index (κ2) is 11.2. The number of carbonyl (C=O) groups excluding carboxylic acids is 1. The molecular weight excluding hydrogens is 364 g/mol. The fourth-order valence-corrected chi connectivity index (χ4v) is 4.18. The minimum Gasteiger partial charge on any atom is -0.494 e. The van der Waals surface area contributed by atoms with E-state index in [1.54, 1.807) is 31.2 Å². The van der Waals surface area contributed by atoms with E-state index in [0.29, 0.717) is 30.5 Å². The summed E-state index contributed by atoms with van der Waals surface area (Å²) < 4.78 is 31.2. The maximum Gasteiger partial charge on any atom is 0.243 e. The Balaban J connectivity index is 2.88. The van der Waals surface area contributed by atoms with Gasteiger partial charge in [-0.25, -0.2) is 8.42 Å². The van der Waals surface area contributed by atoms with Crippen LogP contribution in [0.3, 0.4) is 0 Å². The summed E-state index contributed by atoms with van der Waals surface area (Å²) >= 11 is 0. The molecule has 1 amide bonds. The lowest BCUT2D eigenvalue weighted by atomic mass is 9.99. The molecule has 0 fully saturated rings. The average molecular weight is 399 g/mol. The predicted molar refractivity (Wildman–Crippen MR) is 111 cm³/mol. The van der Waals surface area contributed by atoms with Crippen molar-refractivity contribution in [2.45, 2.75) is 59.4 Å². The molecule has 154 valence electrons. The summed E-state index contributed by atoms with van der Waals surface area (Å²) in [5, 5.41) is 2.93. The summed E-state index contributed by atoms with van der Waals surface area (Å²) in [6.45, 7) is 8.85. The number of nitrogens with zero attached hydrogens (tertiary/aromatic N) is 1. The minimum atomic E-state index is -3.61. The van der Waals surface area contributed by atoms with Crippen molar-refractivity contribution in [2.24, 2.45) is 5.92 Å². The van der Waals surface area contributed by atoms with Gasteiger partial charge in [-0.3, -0.25) is 9.10 Å². The molecule has 0 bridgehead atoms. The zero-order valence-electron chi connectivity index (χ0n) is 17.2. The Bertz CT molecular complexity index is 674. The quantitative estimate of drug-likeness (QED) is 0.584. The Hall–Kier alpha value is -1.76. The van der Waals surface area contributed by atoms with E-state index in [-0.39, 0.29) is 5.91 Å². The molecule has 0 aliphatic heterocycles. The molecule has 0 aromatic heterocycles. The lowest BCUT2D eigenvalue weighted by Crippen LogP contribution is -2.48. The lowest BCUT2D eigenvalue weighted by Gasteiger charge is -2.29. The number of nitrogens with one attached hydrogen (secondary N) is 1. The van der Waals surface area contributed by atoms with E-state index >= 15 is 0 Å². The Kier molecular flexibility index (Phi) is 9.63. The molecule has 0 unspecified atom stereocenters. The van der Waals surface area contributed by atoms with Crippen LogP contribution in [0, 0.1) is 5.92 Å². The Labute approximate surface area is 164 Å². The van der Waals surface area contributed by atoms with Crippen molar-refractivity contribution in [2.75, 3.05) is 23.7 Å². The standard InChI is InChI=1S/C20H34N2O4S/c1-6-9-10-17(7-2)15-21-20(23)16(4)22(27(5,24)25)18-11-13-19(14-12-18)26-8-3/h11-14,16-17H,6-10,15H2,1-5H3,(H,21,23)/t16-,17-/m0/s1. The van der Waals surface area contributed by atoms with Gasteiger partial charge in [0.15, 0.2) is 0 Å². The van der Waals surface area contributed by atoms with E-state index in [9.17, 15) is 13.2 Å². The van der Waals surface area contributed by atoms with Gasteiger partial charge in [0.25, 0.3) is 0 Å². The summed E-state index contributed by atoms with van der Waals surface area (Å²) in [4.78, 5) is 12.6. The molecule has 1 aromatic rings. The van der Waals surface area contributed by atoms with E-state index in [0.717, 1.165) is 36.2 Å². The highest BCUT2D eigenvalue weighted by atomic mass is 32.2. The third-order valence-electron chi connectivity index (χ3n) is 4.60. The molecule has 0 saturated carbocycles. The van der Waals surface area contributed by atoms with Gasteiger partial charge in [0.2, 0.25) is 15.9 Å². The number of benzene rings is 1. The lowest BCUT2D eigenvalue weighted by molar-refractivity contribution is -0.122. The molecule has 1 N–H and O–H groups in total. The SMILES string of the molecule is CCCC[C@H](CC)CNC(=O)[C@H](C)N(c1ccc(OCC)cc1)S(C)(=O)=O. The van der Waals surface area contributed by atoms with Gasteiger partial charge in [-0.05, 0) is 50.5 Å². The van der Waals surface area contributed by atoms with Crippen molar-refractivity contribution in [1.29, 1.82) is 0 Å². The Morgan fingerprint density at radius 1 is 1.19 bits per heavy atom. The molecule has 2 atom stereocenters. The second-order valence-electron chi connectivity index (χ2n) is 6.82. The number of ether oxygens (including phenoxy) is 1. The molecule has 1 rings (SSSR count). The third-order valence-corrected chi connectivity index (χ3v) is 5.84. The first-order chi connectivity index (χ1) is 12.7. The first-order valence-electron chi connectivity index (χ1n) is 9.74. The van der Waals surface area contributed by atoms with E-state index in [2.05, 4.69) is 19.2 Å². The Morgan fingerprint density at radius 3 is 2.30 bits per heavy atom. The molecule has 6 nitrogen and oxygen atoms in total. The molecule has 0 saturated heterocycles. The topological polar surface area (TPSA) is 75.7 Å². The largest absolute Gasteiger partial charge is 0.494 e. The van der Waals surface area contributed by atoms with Crippen molar-refractivity contribution in [1.82, 2.24) is 5.32 Å². The second-order valence-corrected chi connectivity index (χ2v) is 8.68. The highest BCUT2D eigenvalue weighted by molar-refractivity contribution is 7.92. The Morgan fingerprint density at radius 2 is 1.81 bits per heavy atom. The number of amides is 1. The van der Waals surface area contributed by atoms with Crippen LogP contribution < -0.4 is 14.4 Å². The van der Waals surface area contributed by atoms with Gasteiger partial charge in [-0.2, -0.15) is 0 Å². The number of hydrogen-bond acceptors (Lipinski definition) is 4. The number of rotatable bonds is 12. The first kappa shape index (κ1) is 23.3. The van der Waals surface area contributed by atoms with E-state index in [1.807, 2.05) is 6.92 Å². The van der Waals surface area contributed by atoms with E-state index < -0.39 is 16.1 Å².